The molecule has 1 fully saturated rings. The third kappa shape index (κ3) is 3.45. The number of thiazole rings is 1. The molecule has 0 N–H and O–H groups in total. The van der Waals surface area contributed by atoms with Crippen molar-refractivity contribution >= 4 is 11.3 Å². The molecule has 2 aromatic heterocycles. The number of aromatic nitrogens is 3. The maximum atomic E-state index is 5.45. The van der Waals surface area contributed by atoms with Gasteiger partial charge in [0.25, 0.3) is 0 Å². The standard InChI is InChI=1S/C19H22N4OS/c1-24-18-8-3-2-6-16(18)23-14-15(12-21-23)13-22-10-5-4-7-17(22)19-20-9-11-25-19/h2-3,6,8-9,11-12,14,17H,4-5,7,10,13H2,1H3/t17-/m0/s1. The zero-order valence-corrected chi connectivity index (χ0v) is 15.2. The lowest BCUT2D eigenvalue weighted by Crippen LogP contribution is -2.32. The Kier molecular flexibility index (Phi) is 4.81. The van der Waals surface area contributed by atoms with Gasteiger partial charge in [0, 0.05) is 29.9 Å². The van der Waals surface area contributed by atoms with Gasteiger partial charge in [0.05, 0.1) is 19.3 Å². The molecule has 1 aliphatic rings. The molecule has 1 aliphatic heterocycles. The third-order valence-corrected chi connectivity index (χ3v) is 5.58. The SMILES string of the molecule is COc1ccccc1-n1cc(CN2CCCC[C@H]2c2nccs2)cn1. The summed E-state index contributed by atoms with van der Waals surface area (Å²) in [5.74, 6) is 0.829. The van der Waals surface area contributed by atoms with Crippen molar-refractivity contribution in [3.05, 3.63) is 58.8 Å². The first-order valence-electron chi connectivity index (χ1n) is 8.65. The topological polar surface area (TPSA) is 43.2 Å². The molecule has 5 nitrogen and oxygen atoms in total. The number of hydrogen-bond donors (Lipinski definition) is 0. The fraction of sp³-hybridized carbons (Fsp3) is 0.368. The number of likely N-dealkylation sites (tertiary alicyclic amines) is 1. The largest absolute Gasteiger partial charge is 0.494 e. The summed E-state index contributed by atoms with van der Waals surface area (Å²) < 4.78 is 7.35. The monoisotopic (exact) mass is 354 g/mol. The molecule has 1 atom stereocenters. The first kappa shape index (κ1) is 16.3. The summed E-state index contributed by atoms with van der Waals surface area (Å²) in [5.41, 5.74) is 2.18. The Balaban J connectivity index is 1.54. The smallest absolute Gasteiger partial charge is 0.144 e. The van der Waals surface area contributed by atoms with Crippen molar-refractivity contribution in [1.29, 1.82) is 0 Å². The first-order valence-corrected chi connectivity index (χ1v) is 9.53. The molecule has 0 saturated carbocycles. The van der Waals surface area contributed by atoms with Crippen molar-refractivity contribution in [2.24, 2.45) is 0 Å². The van der Waals surface area contributed by atoms with Gasteiger partial charge < -0.3 is 4.74 Å². The lowest BCUT2D eigenvalue weighted by Gasteiger charge is -2.34. The van der Waals surface area contributed by atoms with E-state index in [1.807, 2.05) is 41.3 Å². The highest BCUT2D eigenvalue weighted by Crippen LogP contribution is 2.33. The van der Waals surface area contributed by atoms with E-state index in [-0.39, 0.29) is 0 Å². The average Bonchev–Trinajstić information content (AvgIpc) is 3.34. The van der Waals surface area contributed by atoms with Crippen LogP contribution in [0.5, 0.6) is 5.75 Å². The minimum Gasteiger partial charge on any atom is -0.494 e. The Hall–Kier alpha value is -2.18. The van der Waals surface area contributed by atoms with Crippen LogP contribution < -0.4 is 4.74 Å². The molecule has 0 bridgehead atoms. The molecule has 1 aromatic carbocycles. The van der Waals surface area contributed by atoms with Gasteiger partial charge in [-0.2, -0.15) is 5.10 Å². The predicted molar refractivity (Wildman–Crippen MR) is 99.2 cm³/mol. The number of nitrogens with zero attached hydrogens (tertiary/aromatic N) is 4. The van der Waals surface area contributed by atoms with Crippen LogP contribution in [0, 0.1) is 0 Å². The number of methoxy groups -OCH3 is 1. The fourth-order valence-electron chi connectivity index (χ4n) is 3.49. The van der Waals surface area contributed by atoms with E-state index in [0.29, 0.717) is 6.04 Å². The molecule has 0 aliphatic carbocycles. The zero-order chi connectivity index (χ0) is 17.1. The van der Waals surface area contributed by atoms with Crippen LogP contribution >= 0.6 is 11.3 Å². The second-order valence-corrected chi connectivity index (χ2v) is 7.24. The molecular formula is C19H22N4OS. The Morgan fingerprint density at radius 1 is 1.28 bits per heavy atom. The highest BCUT2D eigenvalue weighted by atomic mass is 32.1. The summed E-state index contributed by atoms with van der Waals surface area (Å²) in [4.78, 5) is 7.08. The van der Waals surface area contributed by atoms with E-state index in [4.69, 9.17) is 4.74 Å². The molecule has 0 unspecified atom stereocenters. The zero-order valence-electron chi connectivity index (χ0n) is 14.3. The maximum Gasteiger partial charge on any atom is 0.144 e. The fourth-order valence-corrected chi connectivity index (χ4v) is 4.29. The van der Waals surface area contributed by atoms with Gasteiger partial charge in [-0.15, -0.1) is 11.3 Å². The number of rotatable bonds is 5. The number of para-hydroxylation sites is 2. The van der Waals surface area contributed by atoms with Gasteiger partial charge in [-0.1, -0.05) is 18.6 Å². The molecule has 3 heterocycles. The van der Waals surface area contributed by atoms with Crippen molar-refractivity contribution < 1.29 is 4.74 Å². The van der Waals surface area contributed by atoms with Crippen LogP contribution in [0.25, 0.3) is 5.69 Å². The first-order chi connectivity index (χ1) is 12.3. The molecular weight excluding hydrogens is 332 g/mol. The average molecular weight is 354 g/mol. The summed E-state index contributed by atoms with van der Waals surface area (Å²) in [5, 5.41) is 7.85. The molecule has 4 rings (SSSR count). The molecule has 0 amide bonds. The quantitative estimate of drug-likeness (QED) is 0.693. The van der Waals surface area contributed by atoms with E-state index in [1.165, 1.54) is 29.8 Å². The van der Waals surface area contributed by atoms with Gasteiger partial charge in [-0.05, 0) is 31.5 Å². The van der Waals surface area contributed by atoms with Gasteiger partial charge in [-0.3, -0.25) is 4.90 Å². The van der Waals surface area contributed by atoms with E-state index in [0.717, 1.165) is 24.5 Å². The number of ether oxygens (including phenoxy) is 1. The van der Waals surface area contributed by atoms with Crippen molar-refractivity contribution in [2.75, 3.05) is 13.7 Å². The van der Waals surface area contributed by atoms with Crippen LogP contribution in [0.4, 0.5) is 0 Å². The van der Waals surface area contributed by atoms with Crippen LogP contribution in [-0.4, -0.2) is 33.3 Å². The predicted octanol–water partition coefficient (Wildman–Crippen LogP) is 4.06. The highest BCUT2D eigenvalue weighted by molar-refractivity contribution is 7.09. The summed E-state index contributed by atoms with van der Waals surface area (Å²) in [6.07, 6.45) is 9.69. The Bertz CT molecular complexity index is 814. The van der Waals surface area contributed by atoms with Gasteiger partial charge >= 0.3 is 0 Å². The molecule has 0 radical (unpaired) electrons. The normalized spacial score (nSPS) is 18.4. The van der Waals surface area contributed by atoms with E-state index < -0.39 is 0 Å². The van der Waals surface area contributed by atoms with Crippen LogP contribution in [0.1, 0.15) is 35.9 Å². The van der Waals surface area contributed by atoms with Crippen molar-refractivity contribution in [2.45, 2.75) is 31.8 Å². The van der Waals surface area contributed by atoms with Gasteiger partial charge in [0.15, 0.2) is 0 Å². The molecule has 3 aromatic rings. The van der Waals surface area contributed by atoms with Crippen molar-refractivity contribution in [3.63, 3.8) is 0 Å². The van der Waals surface area contributed by atoms with E-state index in [9.17, 15) is 0 Å². The molecule has 6 heteroatoms. The van der Waals surface area contributed by atoms with E-state index in [1.54, 1.807) is 18.4 Å². The van der Waals surface area contributed by atoms with Gasteiger partial charge in [-0.25, -0.2) is 9.67 Å². The maximum absolute atomic E-state index is 5.45. The molecule has 25 heavy (non-hydrogen) atoms. The summed E-state index contributed by atoms with van der Waals surface area (Å²) >= 11 is 1.76. The van der Waals surface area contributed by atoms with Crippen molar-refractivity contribution in [1.82, 2.24) is 19.7 Å². The Morgan fingerprint density at radius 2 is 2.20 bits per heavy atom. The molecule has 0 spiro atoms. The number of hydrogen-bond acceptors (Lipinski definition) is 5. The molecule has 130 valence electrons. The van der Waals surface area contributed by atoms with Crippen LogP contribution in [0.15, 0.2) is 48.2 Å². The summed E-state index contributed by atoms with van der Waals surface area (Å²) in [6, 6.07) is 8.39. The molecule has 1 saturated heterocycles. The van der Waals surface area contributed by atoms with Crippen LogP contribution in [-0.2, 0) is 6.54 Å². The number of benzene rings is 1. The number of piperidine rings is 1. The second kappa shape index (κ2) is 7.37. The lowest BCUT2D eigenvalue weighted by molar-refractivity contribution is 0.140. The third-order valence-electron chi connectivity index (χ3n) is 4.70. The minimum absolute atomic E-state index is 0.434. The van der Waals surface area contributed by atoms with Crippen LogP contribution in [0.3, 0.4) is 0 Å². The Labute approximate surface area is 151 Å². The van der Waals surface area contributed by atoms with Gasteiger partial charge in [0.1, 0.15) is 16.4 Å². The van der Waals surface area contributed by atoms with E-state index >= 15 is 0 Å². The summed E-state index contributed by atoms with van der Waals surface area (Å²) in [6.45, 7) is 2.02. The van der Waals surface area contributed by atoms with Gasteiger partial charge in [0.2, 0.25) is 0 Å². The summed E-state index contributed by atoms with van der Waals surface area (Å²) in [7, 11) is 1.69. The van der Waals surface area contributed by atoms with Crippen molar-refractivity contribution in [3.8, 4) is 11.4 Å². The highest BCUT2D eigenvalue weighted by Gasteiger charge is 2.26. The van der Waals surface area contributed by atoms with E-state index in [2.05, 4.69) is 26.6 Å². The second-order valence-electron chi connectivity index (χ2n) is 6.32. The van der Waals surface area contributed by atoms with Crippen LogP contribution in [0.2, 0.25) is 0 Å². The minimum atomic E-state index is 0.434. The Morgan fingerprint density at radius 3 is 3.04 bits per heavy atom. The lowest BCUT2D eigenvalue weighted by atomic mass is 10.0.